The fourth-order valence-electron chi connectivity index (χ4n) is 8.44. The number of rotatable bonds is 8. The lowest BCUT2D eigenvalue weighted by Crippen LogP contribution is -2.52. The SMILES string of the molecule is Cc1cc(C[C@@H](OC(=O)N2CCC(N3CCc4ccccc4NC3=O)CC2)C(=O)N2CCC(C3CCN(CC(=O)O)CC3)CC2)cc(C)c1N. The lowest BCUT2D eigenvalue weighted by molar-refractivity contribution is -0.142. The van der Waals surface area contributed by atoms with E-state index in [1.165, 1.54) is 0 Å². The molecule has 0 aromatic heterocycles. The van der Waals surface area contributed by atoms with Crippen LogP contribution in [0.3, 0.4) is 0 Å². The zero-order valence-corrected chi connectivity index (χ0v) is 29.4. The molecule has 0 bridgehead atoms. The maximum atomic E-state index is 14.1. The van der Waals surface area contributed by atoms with Crippen LogP contribution in [0.15, 0.2) is 36.4 Å². The number of nitrogens with zero attached hydrogens (tertiary/aromatic N) is 4. The number of carboxylic acid groups (broad SMARTS) is 1. The average Bonchev–Trinajstić information content (AvgIpc) is 3.28. The number of hydrogen-bond donors (Lipinski definition) is 3. The molecule has 12 nitrogen and oxygen atoms in total. The lowest BCUT2D eigenvalue weighted by Gasteiger charge is -2.41. The van der Waals surface area contributed by atoms with E-state index in [4.69, 9.17) is 15.6 Å². The second-order valence-corrected chi connectivity index (χ2v) is 14.6. The number of nitrogens with one attached hydrogen (secondary N) is 1. The first kappa shape index (κ1) is 35.5. The lowest BCUT2D eigenvalue weighted by atomic mass is 9.78. The number of hydrogen-bond acceptors (Lipinski definition) is 7. The first-order valence-electron chi connectivity index (χ1n) is 18.2. The highest BCUT2D eigenvalue weighted by atomic mass is 16.6. The third-order valence-corrected chi connectivity index (χ3v) is 11.4. The van der Waals surface area contributed by atoms with Crippen LogP contribution in [0.4, 0.5) is 21.0 Å². The van der Waals surface area contributed by atoms with Crippen LogP contribution in [0.1, 0.15) is 60.8 Å². The number of urea groups is 1. The van der Waals surface area contributed by atoms with Gasteiger partial charge >= 0.3 is 18.1 Å². The van der Waals surface area contributed by atoms with Crippen molar-refractivity contribution in [3.63, 3.8) is 0 Å². The van der Waals surface area contributed by atoms with E-state index in [9.17, 15) is 19.2 Å². The van der Waals surface area contributed by atoms with E-state index in [0.29, 0.717) is 63.1 Å². The normalized spacial score (nSPS) is 20.5. The van der Waals surface area contributed by atoms with Crippen LogP contribution in [0.2, 0.25) is 0 Å². The number of aryl methyl sites for hydroxylation is 2. The van der Waals surface area contributed by atoms with E-state index in [1.54, 1.807) is 4.90 Å². The minimum atomic E-state index is -0.964. The Hall–Kier alpha value is -4.32. The summed E-state index contributed by atoms with van der Waals surface area (Å²) in [5.41, 5.74) is 11.7. The van der Waals surface area contributed by atoms with Gasteiger partial charge in [-0.2, -0.15) is 0 Å². The summed E-state index contributed by atoms with van der Waals surface area (Å²) in [6.07, 6.45) is 4.58. The van der Waals surface area contributed by atoms with Crippen LogP contribution < -0.4 is 11.1 Å². The van der Waals surface area contributed by atoms with Gasteiger partial charge in [0.2, 0.25) is 0 Å². The fraction of sp³-hybridized carbons (Fsp3) is 0.579. The van der Waals surface area contributed by atoms with Crippen molar-refractivity contribution in [1.29, 1.82) is 0 Å². The van der Waals surface area contributed by atoms with E-state index in [1.807, 2.05) is 64.9 Å². The Labute approximate surface area is 294 Å². The number of carboxylic acids is 1. The molecule has 2 aromatic rings. The van der Waals surface area contributed by atoms with Gasteiger partial charge < -0.3 is 35.6 Å². The van der Waals surface area contributed by atoms with E-state index in [-0.39, 0.29) is 30.9 Å². The van der Waals surface area contributed by atoms with Gasteiger partial charge in [0.25, 0.3) is 5.91 Å². The number of carbonyl (C=O) groups excluding carboxylic acids is 3. The Morgan fingerprint density at radius 3 is 2.12 bits per heavy atom. The molecule has 12 heteroatoms. The Kier molecular flexibility index (Phi) is 11.2. The molecule has 4 amide bonds. The van der Waals surface area contributed by atoms with E-state index in [2.05, 4.69) is 5.32 Å². The Bertz CT molecular complexity index is 1540. The highest BCUT2D eigenvalue weighted by Gasteiger charge is 2.37. The van der Waals surface area contributed by atoms with Gasteiger partial charge in [0.15, 0.2) is 6.10 Å². The van der Waals surface area contributed by atoms with Crippen molar-refractivity contribution >= 4 is 35.4 Å². The number of ether oxygens (including phenoxy) is 1. The summed E-state index contributed by atoms with van der Waals surface area (Å²) in [6, 6.07) is 11.7. The predicted octanol–water partition coefficient (Wildman–Crippen LogP) is 4.52. The predicted molar refractivity (Wildman–Crippen MR) is 191 cm³/mol. The van der Waals surface area contributed by atoms with Crippen LogP contribution in [0.25, 0.3) is 0 Å². The zero-order chi connectivity index (χ0) is 35.4. The number of piperidine rings is 3. The molecular formula is C38H52N6O6. The third-order valence-electron chi connectivity index (χ3n) is 11.4. The van der Waals surface area contributed by atoms with Crippen molar-refractivity contribution in [1.82, 2.24) is 19.6 Å². The number of benzene rings is 2. The van der Waals surface area contributed by atoms with Gasteiger partial charge in [-0.25, -0.2) is 9.59 Å². The monoisotopic (exact) mass is 688 g/mol. The molecule has 0 aliphatic carbocycles. The summed E-state index contributed by atoms with van der Waals surface area (Å²) in [5, 5.41) is 12.2. The quantitative estimate of drug-likeness (QED) is 0.343. The van der Waals surface area contributed by atoms with Gasteiger partial charge in [0, 0.05) is 56.6 Å². The molecule has 4 aliphatic heterocycles. The summed E-state index contributed by atoms with van der Waals surface area (Å²) < 4.78 is 6.09. The Morgan fingerprint density at radius 1 is 0.880 bits per heavy atom. The third kappa shape index (κ3) is 8.34. The van der Waals surface area contributed by atoms with Crippen LogP contribution in [-0.4, -0.2) is 113 Å². The topological polar surface area (TPSA) is 149 Å². The van der Waals surface area contributed by atoms with E-state index >= 15 is 0 Å². The standard InChI is InChI=1S/C38H52N6O6/c1-25-21-27(22-26(2)35(25)39)23-33(36(47)42-16-9-29(10-17-42)28-7-14-41(15-8-28)24-34(45)46)50-38(49)43-18-12-31(13-19-43)44-20-11-30-5-3-4-6-32(30)40-37(44)48/h3-6,21-22,28-29,31,33H,7-20,23-24,39H2,1-2H3,(H,40,48)(H,45,46)/t33-/m1/s1. The minimum Gasteiger partial charge on any atom is -0.480 e. The van der Waals surface area contributed by atoms with Gasteiger partial charge in [-0.15, -0.1) is 0 Å². The molecule has 0 radical (unpaired) electrons. The molecule has 0 saturated carbocycles. The zero-order valence-electron chi connectivity index (χ0n) is 29.4. The van der Waals surface area contributed by atoms with Crippen LogP contribution in [0, 0.1) is 25.7 Å². The van der Waals surface area contributed by atoms with Gasteiger partial charge in [0.1, 0.15) is 0 Å². The highest BCUT2D eigenvalue weighted by molar-refractivity contribution is 5.91. The number of para-hydroxylation sites is 1. The summed E-state index contributed by atoms with van der Waals surface area (Å²) >= 11 is 0. The first-order chi connectivity index (χ1) is 24.0. The molecule has 3 saturated heterocycles. The second kappa shape index (κ2) is 15.7. The molecule has 270 valence electrons. The number of likely N-dealkylation sites (tertiary alicyclic amines) is 3. The van der Waals surface area contributed by atoms with Crippen molar-refractivity contribution in [2.45, 2.75) is 77.4 Å². The summed E-state index contributed by atoms with van der Waals surface area (Å²) in [5.74, 6) is 0.0742. The number of aliphatic carboxylic acids is 1. The van der Waals surface area contributed by atoms with Crippen molar-refractivity contribution in [2.75, 3.05) is 63.4 Å². The molecule has 50 heavy (non-hydrogen) atoms. The van der Waals surface area contributed by atoms with Gasteiger partial charge in [-0.1, -0.05) is 30.3 Å². The van der Waals surface area contributed by atoms with Crippen LogP contribution in [-0.2, 0) is 27.2 Å². The Balaban J connectivity index is 1.06. The number of anilines is 2. The highest BCUT2D eigenvalue weighted by Crippen LogP contribution is 2.33. The first-order valence-corrected chi connectivity index (χ1v) is 18.2. The molecule has 1 atom stereocenters. The van der Waals surface area contributed by atoms with Crippen LogP contribution in [0.5, 0.6) is 0 Å². The summed E-state index contributed by atoms with van der Waals surface area (Å²) in [6.45, 7) is 8.30. The number of nitrogens with two attached hydrogens (primary N) is 1. The maximum Gasteiger partial charge on any atom is 0.410 e. The molecule has 0 spiro atoms. The molecule has 4 N–H and O–H groups in total. The summed E-state index contributed by atoms with van der Waals surface area (Å²) in [4.78, 5) is 59.4. The number of amides is 4. The molecular weight excluding hydrogens is 636 g/mol. The fourth-order valence-corrected chi connectivity index (χ4v) is 8.44. The van der Waals surface area contributed by atoms with Crippen molar-refractivity contribution in [2.24, 2.45) is 11.8 Å². The van der Waals surface area contributed by atoms with Crippen LogP contribution >= 0.6 is 0 Å². The summed E-state index contributed by atoms with van der Waals surface area (Å²) in [7, 11) is 0. The second-order valence-electron chi connectivity index (χ2n) is 14.6. The van der Waals surface area contributed by atoms with E-state index in [0.717, 1.165) is 73.1 Å². The molecule has 2 aromatic carbocycles. The van der Waals surface area contributed by atoms with Crippen molar-refractivity contribution in [3.8, 4) is 0 Å². The maximum absolute atomic E-state index is 14.1. The van der Waals surface area contributed by atoms with Gasteiger partial charge in [-0.05, 0) is 112 Å². The van der Waals surface area contributed by atoms with E-state index < -0.39 is 18.2 Å². The van der Waals surface area contributed by atoms with Gasteiger partial charge in [0.05, 0.1) is 6.54 Å². The molecule has 4 heterocycles. The number of nitrogen functional groups attached to an aromatic ring is 1. The largest absolute Gasteiger partial charge is 0.480 e. The molecule has 0 unspecified atom stereocenters. The minimum absolute atomic E-state index is 0.0113. The average molecular weight is 689 g/mol. The van der Waals surface area contributed by atoms with Gasteiger partial charge in [-0.3, -0.25) is 14.5 Å². The van der Waals surface area contributed by atoms with Crippen molar-refractivity contribution in [3.05, 3.63) is 58.7 Å². The Morgan fingerprint density at radius 2 is 1.48 bits per heavy atom. The van der Waals surface area contributed by atoms with Crippen molar-refractivity contribution < 1.29 is 29.0 Å². The molecule has 6 rings (SSSR count). The molecule has 3 fully saturated rings. The number of carbonyl (C=O) groups is 4. The number of fused-ring (bicyclic) bond motifs is 1. The smallest absolute Gasteiger partial charge is 0.410 e. The molecule has 4 aliphatic rings.